The van der Waals surface area contributed by atoms with Crippen molar-refractivity contribution in [2.45, 2.75) is 44.9 Å². The minimum Gasteiger partial charge on any atom is -0.466 e. The van der Waals surface area contributed by atoms with Crippen LogP contribution in [0.3, 0.4) is 0 Å². The number of allylic oxidation sites excluding steroid dienone is 1. The van der Waals surface area contributed by atoms with Gasteiger partial charge in [-0.05, 0) is 30.9 Å². The fraction of sp³-hybridized carbons (Fsp3) is 0.571. The third kappa shape index (κ3) is 3.51. The molecule has 4 rings (SSSR count). The van der Waals surface area contributed by atoms with Crippen molar-refractivity contribution in [3.63, 3.8) is 0 Å². The average molecular weight is 357 g/mol. The number of benzene rings is 1. The molecule has 1 aromatic carbocycles. The number of hydrogen-bond donors (Lipinski definition) is 0. The zero-order valence-corrected chi connectivity index (χ0v) is 15.4. The lowest BCUT2D eigenvalue weighted by molar-refractivity contribution is -0.168. The molecule has 1 aliphatic carbocycles. The van der Waals surface area contributed by atoms with Crippen LogP contribution in [0.1, 0.15) is 38.2 Å². The quantitative estimate of drug-likeness (QED) is 0.774. The van der Waals surface area contributed by atoms with Gasteiger partial charge >= 0.3 is 5.97 Å². The number of carbonyl (C=O) groups excluding carboxylic acids is 1. The summed E-state index contributed by atoms with van der Waals surface area (Å²) in [4.78, 5) is 14.8. The van der Waals surface area contributed by atoms with Crippen LogP contribution in [0.25, 0.3) is 0 Å². The molecule has 0 saturated carbocycles. The van der Waals surface area contributed by atoms with E-state index in [0.29, 0.717) is 19.8 Å². The Balaban J connectivity index is 1.59. The molecule has 26 heavy (non-hydrogen) atoms. The van der Waals surface area contributed by atoms with E-state index in [4.69, 9.17) is 14.2 Å². The highest BCUT2D eigenvalue weighted by atomic mass is 16.7. The maximum Gasteiger partial charge on any atom is 0.311 e. The lowest BCUT2D eigenvalue weighted by Crippen LogP contribution is -2.43. The van der Waals surface area contributed by atoms with Crippen LogP contribution in [0.15, 0.2) is 41.6 Å². The topological polar surface area (TPSA) is 48.0 Å². The monoisotopic (exact) mass is 357 g/mol. The second-order valence-corrected chi connectivity index (χ2v) is 7.35. The summed E-state index contributed by atoms with van der Waals surface area (Å²) in [6.07, 6.45) is 3.36. The SMILES string of the molecule is CCOC(=O)C1CC2=C(CCC3(C2)OCCO3)N(Cc2ccccc2)C1. The van der Waals surface area contributed by atoms with Crippen LogP contribution in [0.4, 0.5) is 0 Å². The molecule has 0 N–H and O–H groups in total. The van der Waals surface area contributed by atoms with E-state index in [-0.39, 0.29) is 11.9 Å². The summed E-state index contributed by atoms with van der Waals surface area (Å²) in [5, 5.41) is 0. The van der Waals surface area contributed by atoms with Crippen LogP contribution in [-0.4, -0.2) is 43.0 Å². The van der Waals surface area contributed by atoms with Crippen molar-refractivity contribution in [1.29, 1.82) is 0 Å². The molecule has 5 nitrogen and oxygen atoms in total. The Bertz CT molecular complexity index is 679. The molecule has 1 spiro atoms. The summed E-state index contributed by atoms with van der Waals surface area (Å²) in [5.41, 5.74) is 3.94. The van der Waals surface area contributed by atoms with Gasteiger partial charge in [-0.3, -0.25) is 4.79 Å². The van der Waals surface area contributed by atoms with Crippen LogP contribution >= 0.6 is 0 Å². The van der Waals surface area contributed by atoms with E-state index in [1.807, 2.05) is 13.0 Å². The second kappa shape index (κ2) is 7.41. The van der Waals surface area contributed by atoms with Crippen LogP contribution in [0.5, 0.6) is 0 Å². The molecule has 1 atom stereocenters. The van der Waals surface area contributed by atoms with Gasteiger partial charge in [0.2, 0.25) is 0 Å². The lowest BCUT2D eigenvalue weighted by Gasteiger charge is -2.43. The van der Waals surface area contributed by atoms with E-state index in [1.165, 1.54) is 16.8 Å². The molecule has 1 unspecified atom stereocenters. The molecule has 1 fully saturated rings. The maximum absolute atomic E-state index is 12.4. The van der Waals surface area contributed by atoms with Gasteiger partial charge in [0.25, 0.3) is 0 Å². The van der Waals surface area contributed by atoms with Crippen molar-refractivity contribution in [3.8, 4) is 0 Å². The summed E-state index contributed by atoms with van der Waals surface area (Å²) < 4.78 is 17.2. The average Bonchev–Trinajstić information content (AvgIpc) is 3.10. The summed E-state index contributed by atoms with van der Waals surface area (Å²) in [6, 6.07) is 10.4. The minimum absolute atomic E-state index is 0.0926. The Labute approximate surface area is 154 Å². The zero-order chi connectivity index (χ0) is 18.0. The predicted molar refractivity (Wildman–Crippen MR) is 97.1 cm³/mol. The molecule has 5 heteroatoms. The highest BCUT2D eigenvalue weighted by Crippen LogP contribution is 2.44. The minimum atomic E-state index is -0.464. The molecule has 0 aromatic heterocycles. The first-order chi connectivity index (χ1) is 12.7. The Morgan fingerprint density at radius 1 is 1.27 bits per heavy atom. The Hall–Kier alpha value is -1.85. The fourth-order valence-corrected chi connectivity index (χ4v) is 4.44. The first-order valence-electron chi connectivity index (χ1n) is 9.63. The number of rotatable bonds is 4. The van der Waals surface area contributed by atoms with E-state index in [1.54, 1.807) is 0 Å². The highest BCUT2D eigenvalue weighted by molar-refractivity contribution is 5.73. The summed E-state index contributed by atoms with van der Waals surface area (Å²) in [6.45, 7) is 5.17. The van der Waals surface area contributed by atoms with Crippen molar-refractivity contribution in [1.82, 2.24) is 4.90 Å². The number of ether oxygens (including phenoxy) is 3. The van der Waals surface area contributed by atoms with Gasteiger partial charge < -0.3 is 19.1 Å². The maximum atomic E-state index is 12.4. The van der Waals surface area contributed by atoms with Gasteiger partial charge in [-0.2, -0.15) is 0 Å². The van der Waals surface area contributed by atoms with Crippen molar-refractivity contribution >= 4 is 5.97 Å². The molecule has 0 radical (unpaired) electrons. The van der Waals surface area contributed by atoms with E-state index >= 15 is 0 Å². The zero-order valence-electron chi connectivity index (χ0n) is 15.4. The second-order valence-electron chi connectivity index (χ2n) is 7.35. The van der Waals surface area contributed by atoms with Crippen molar-refractivity contribution < 1.29 is 19.0 Å². The third-order valence-corrected chi connectivity index (χ3v) is 5.60. The number of carbonyl (C=O) groups is 1. The van der Waals surface area contributed by atoms with Crippen LogP contribution in [-0.2, 0) is 25.5 Å². The van der Waals surface area contributed by atoms with E-state index < -0.39 is 5.79 Å². The largest absolute Gasteiger partial charge is 0.466 e. The first-order valence-corrected chi connectivity index (χ1v) is 9.63. The Morgan fingerprint density at radius 3 is 2.77 bits per heavy atom. The van der Waals surface area contributed by atoms with Gasteiger partial charge in [-0.1, -0.05) is 30.3 Å². The third-order valence-electron chi connectivity index (χ3n) is 5.60. The molecule has 3 aliphatic rings. The van der Waals surface area contributed by atoms with E-state index in [9.17, 15) is 4.79 Å². The van der Waals surface area contributed by atoms with Gasteiger partial charge in [-0.25, -0.2) is 0 Å². The predicted octanol–water partition coefficient (Wildman–Crippen LogP) is 3.25. The summed E-state index contributed by atoms with van der Waals surface area (Å²) in [5.74, 6) is -0.674. The molecule has 0 bridgehead atoms. The van der Waals surface area contributed by atoms with Crippen molar-refractivity contribution in [2.75, 3.05) is 26.4 Å². The molecular weight excluding hydrogens is 330 g/mol. The van der Waals surface area contributed by atoms with Crippen LogP contribution < -0.4 is 0 Å². The number of nitrogens with zero attached hydrogens (tertiary/aromatic N) is 1. The normalized spacial score (nSPS) is 24.7. The fourth-order valence-electron chi connectivity index (χ4n) is 4.44. The number of hydrogen-bond acceptors (Lipinski definition) is 5. The molecule has 2 heterocycles. The Kier molecular flexibility index (Phi) is 5.00. The number of esters is 1. The van der Waals surface area contributed by atoms with Gasteiger partial charge in [0.1, 0.15) is 0 Å². The van der Waals surface area contributed by atoms with Crippen LogP contribution in [0.2, 0.25) is 0 Å². The van der Waals surface area contributed by atoms with Gasteiger partial charge in [0.15, 0.2) is 5.79 Å². The molecular formula is C21H27NO4. The smallest absolute Gasteiger partial charge is 0.311 e. The van der Waals surface area contributed by atoms with E-state index in [2.05, 4.69) is 29.2 Å². The molecule has 1 saturated heterocycles. The molecule has 2 aliphatic heterocycles. The summed E-state index contributed by atoms with van der Waals surface area (Å²) in [7, 11) is 0. The highest BCUT2D eigenvalue weighted by Gasteiger charge is 2.44. The Morgan fingerprint density at radius 2 is 2.04 bits per heavy atom. The van der Waals surface area contributed by atoms with Gasteiger partial charge in [0, 0.05) is 31.6 Å². The van der Waals surface area contributed by atoms with Crippen LogP contribution in [0, 0.1) is 5.92 Å². The molecule has 140 valence electrons. The first kappa shape index (κ1) is 17.6. The standard InChI is InChI=1S/C21H27NO4/c1-2-24-20(23)18-12-17-13-21(25-10-11-26-21)9-8-19(17)22(15-18)14-16-6-4-3-5-7-16/h3-7,18H,2,8-15H2,1H3. The van der Waals surface area contributed by atoms with Gasteiger partial charge in [-0.15, -0.1) is 0 Å². The van der Waals surface area contributed by atoms with Gasteiger partial charge in [0.05, 0.1) is 25.7 Å². The van der Waals surface area contributed by atoms with Crippen molar-refractivity contribution in [2.24, 2.45) is 5.92 Å². The molecule has 0 amide bonds. The molecule has 1 aromatic rings. The van der Waals surface area contributed by atoms with E-state index in [0.717, 1.165) is 38.8 Å². The summed E-state index contributed by atoms with van der Waals surface area (Å²) >= 11 is 0. The van der Waals surface area contributed by atoms with Crippen molar-refractivity contribution in [3.05, 3.63) is 47.2 Å². The lowest BCUT2D eigenvalue weighted by atomic mass is 9.81.